The van der Waals surface area contributed by atoms with Gasteiger partial charge in [0.1, 0.15) is 16.8 Å². The molecule has 1 heterocycles. The average Bonchev–Trinajstić information content (AvgIpc) is 2.79. The molecule has 2 aromatic carbocycles. The number of nitrogens with one attached hydrogen (secondary N) is 2. The number of methoxy groups -OCH3 is 1. The van der Waals surface area contributed by atoms with Gasteiger partial charge in [-0.05, 0) is 68.8 Å². The minimum absolute atomic E-state index is 0.226. The molecule has 0 aliphatic heterocycles. The first-order chi connectivity index (χ1) is 15.8. The molecule has 2 amide bonds. The van der Waals surface area contributed by atoms with E-state index in [-0.39, 0.29) is 11.8 Å². The van der Waals surface area contributed by atoms with E-state index in [1.807, 2.05) is 32.0 Å². The van der Waals surface area contributed by atoms with Crippen LogP contribution in [0.2, 0.25) is 0 Å². The van der Waals surface area contributed by atoms with Gasteiger partial charge in [0.25, 0.3) is 5.91 Å². The van der Waals surface area contributed by atoms with E-state index in [4.69, 9.17) is 4.74 Å². The minimum Gasteiger partial charge on any atom is -0.495 e. The van der Waals surface area contributed by atoms with E-state index in [1.165, 1.54) is 11.8 Å². The Morgan fingerprint density at radius 3 is 2.45 bits per heavy atom. The van der Waals surface area contributed by atoms with E-state index in [1.54, 1.807) is 50.4 Å². The van der Waals surface area contributed by atoms with Crippen LogP contribution in [0.1, 0.15) is 34.1 Å². The van der Waals surface area contributed by atoms with E-state index >= 15 is 0 Å². The second-order valence-electron chi connectivity index (χ2n) is 7.35. The molecule has 1 atom stereocenters. The van der Waals surface area contributed by atoms with Gasteiger partial charge in [-0.1, -0.05) is 23.9 Å². The van der Waals surface area contributed by atoms with Crippen molar-refractivity contribution in [3.8, 4) is 11.8 Å². The van der Waals surface area contributed by atoms with Gasteiger partial charge in [-0.2, -0.15) is 5.26 Å². The Kier molecular flexibility index (Phi) is 7.70. The van der Waals surface area contributed by atoms with Crippen LogP contribution in [0, 0.1) is 25.2 Å². The molecule has 3 aromatic rings. The molecule has 1 aromatic heterocycles. The van der Waals surface area contributed by atoms with Gasteiger partial charge in [-0.25, -0.2) is 4.98 Å². The van der Waals surface area contributed by atoms with Crippen LogP contribution >= 0.6 is 11.8 Å². The number of carbonyl (C=O) groups is 2. The number of amides is 2. The zero-order chi connectivity index (χ0) is 24.0. The van der Waals surface area contributed by atoms with Crippen LogP contribution in [-0.4, -0.2) is 29.2 Å². The summed E-state index contributed by atoms with van der Waals surface area (Å²) in [5, 5.41) is 15.2. The van der Waals surface area contributed by atoms with Gasteiger partial charge in [-0.3, -0.25) is 9.59 Å². The molecule has 168 valence electrons. The fraction of sp³-hybridized carbons (Fsp3) is 0.200. The SMILES string of the molecule is COc1ccccc1NC(=O)c1ccc(NC(=O)C(C)Sc2nc(C)cc(C)c2C#N)cc1. The molecule has 0 radical (unpaired) electrons. The first-order valence-corrected chi connectivity index (χ1v) is 11.1. The van der Waals surface area contributed by atoms with Crippen molar-refractivity contribution in [1.29, 1.82) is 5.26 Å². The van der Waals surface area contributed by atoms with Crippen molar-refractivity contribution in [2.24, 2.45) is 0 Å². The molecule has 7 nitrogen and oxygen atoms in total. The predicted octanol–water partition coefficient (Wildman–Crippen LogP) is 4.95. The number of rotatable bonds is 7. The zero-order valence-corrected chi connectivity index (χ0v) is 19.6. The highest BCUT2D eigenvalue weighted by atomic mass is 32.2. The maximum absolute atomic E-state index is 12.7. The lowest BCUT2D eigenvalue weighted by Crippen LogP contribution is -2.23. The summed E-state index contributed by atoms with van der Waals surface area (Å²) in [6.45, 7) is 5.47. The Morgan fingerprint density at radius 2 is 1.79 bits per heavy atom. The first-order valence-electron chi connectivity index (χ1n) is 10.2. The predicted molar refractivity (Wildman–Crippen MR) is 130 cm³/mol. The molecule has 0 saturated heterocycles. The molecule has 0 saturated carbocycles. The Bertz CT molecular complexity index is 1220. The molecule has 0 spiro atoms. The van der Waals surface area contributed by atoms with Crippen molar-refractivity contribution in [3.63, 3.8) is 0 Å². The fourth-order valence-corrected chi connectivity index (χ4v) is 4.16. The first kappa shape index (κ1) is 23.8. The van der Waals surface area contributed by atoms with Crippen LogP contribution in [0.3, 0.4) is 0 Å². The zero-order valence-electron chi connectivity index (χ0n) is 18.8. The van der Waals surface area contributed by atoms with Crippen LogP contribution in [0.4, 0.5) is 11.4 Å². The number of carbonyl (C=O) groups excluding carboxylic acids is 2. The molecule has 33 heavy (non-hydrogen) atoms. The smallest absolute Gasteiger partial charge is 0.255 e. The highest BCUT2D eigenvalue weighted by molar-refractivity contribution is 8.00. The van der Waals surface area contributed by atoms with Gasteiger partial charge in [0.15, 0.2) is 0 Å². The van der Waals surface area contributed by atoms with E-state index < -0.39 is 5.25 Å². The Morgan fingerprint density at radius 1 is 1.09 bits per heavy atom. The topological polar surface area (TPSA) is 104 Å². The molecule has 8 heteroatoms. The quantitative estimate of drug-likeness (QED) is 0.484. The summed E-state index contributed by atoms with van der Waals surface area (Å²) < 4.78 is 5.25. The summed E-state index contributed by atoms with van der Waals surface area (Å²) in [4.78, 5) is 29.7. The van der Waals surface area contributed by atoms with Gasteiger partial charge in [0.05, 0.1) is 23.6 Å². The molecule has 0 aliphatic carbocycles. The summed E-state index contributed by atoms with van der Waals surface area (Å²) in [5.74, 6) is 0.0568. The number of aromatic nitrogens is 1. The van der Waals surface area contributed by atoms with Crippen LogP contribution < -0.4 is 15.4 Å². The van der Waals surface area contributed by atoms with E-state index in [9.17, 15) is 14.9 Å². The highest BCUT2D eigenvalue weighted by Crippen LogP contribution is 2.28. The van der Waals surface area contributed by atoms with Crippen molar-refractivity contribution < 1.29 is 14.3 Å². The lowest BCUT2D eigenvalue weighted by atomic mass is 10.1. The number of para-hydroxylation sites is 2. The van der Waals surface area contributed by atoms with Crippen LogP contribution in [0.15, 0.2) is 59.6 Å². The summed E-state index contributed by atoms with van der Waals surface area (Å²) >= 11 is 1.24. The van der Waals surface area contributed by atoms with Crippen LogP contribution in [-0.2, 0) is 4.79 Å². The van der Waals surface area contributed by atoms with Gasteiger partial charge in [0, 0.05) is 16.9 Å². The van der Waals surface area contributed by atoms with Crippen LogP contribution in [0.25, 0.3) is 0 Å². The number of nitrogens with zero attached hydrogens (tertiary/aromatic N) is 2. The normalized spacial score (nSPS) is 11.2. The number of thioether (sulfide) groups is 1. The van der Waals surface area contributed by atoms with Crippen molar-refractivity contribution >= 4 is 35.0 Å². The van der Waals surface area contributed by atoms with Gasteiger partial charge < -0.3 is 15.4 Å². The van der Waals surface area contributed by atoms with Crippen molar-refractivity contribution in [3.05, 3.63) is 77.0 Å². The van der Waals surface area contributed by atoms with E-state index in [2.05, 4.69) is 21.7 Å². The molecular formula is C25H24N4O3S. The molecule has 0 fully saturated rings. The molecular weight excluding hydrogens is 436 g/mol. The number of hydrogen-bond acceptors (Lipinski definition) is 6. The Balaban J connectivity index is 1.64. The maximum atomic E-state index is 12.7. The van der Waals surface area contributed by atoms with Crippen molar-refractivity contribution in [2.75, 3.05) is 17.7 Å². The summed E-state index contributed by atoms with van der Waals surface area (Å²) in [7, 11) is 1.54. The number of pyridine rings is 1. The fourth-order valence-electron chi connectivity index (χ4n) is 3.14. The van der Waals surface area contributed by atoms with Crippen molar-refractivity contribution in [1.82, 2.24) is 4.98 Å². The molecule has 0 aliphatic rings. The monoisotopic (exact) mass is 460 g/mol. The molecule has 1 unspecified atom stereocenters. The number of anilines is 2. The van der Waals surface area contributed by atoms with Gasteiger partial charge in [-0.15, -0.1) is 0 Å². The Labute approximate surface area is 197 Å². The van der Waals surface area contributed by atoms with Gasteiger partial charge in [0.2, 0.25) is 5.91 Å². The molecule has 0 bridgehead atoms. The maximum Gasteiger partial charge on any atom is 0.255 e. The summed E-state index contributed by atoms with van der Waals surface area (Å²) in [6.07, 6.45) is 0. The van der Waals surface area contributed by atoms with Gasteiger partial charge >= 0.3 is 0 Å². The average molecular weight is 461 g/mol. The number of benzene rings is 2. The third kappa shape index (κ3) is 5.90. The lowest BCUT2D eigenvalue weighted by molar-refractivity contribution is -0.115. The molecule has 2 N–H and O–H groups in total. The van der Waals surface area contributed by atoms with E-state index in [0.717, 1.165) is 11.3 Å². The van der Waals surface area contributed by atoms with E-state index in [0.29, 0.717) is 33.3 Å². The lowest BCUT2D eigenvalue weighted by Gasteiger charge is -2.14. The highest BCUT2D eigenvalue weighted by Gasteiger charge is 2.19. The number of nitriles is 1. The third-order valence-corrected chi connectivity index (χ3v) is 5.94. The minimum atomic E-state index is -0.473. The standard InChI is InChI=1S/C25H24N4O3S/c1-15-13-16(2)27-25(20(15)14-26)33-17(3)23(30)28-19-11-9-18(10-12-19)24(31)29-21-7-5-6-8-22(21)32-4/h5-13,17H,1-4H3,(H,28,30)(H,29,31). The summed E-state index contributed by atoms with van der Waals surface area (Å²) in [5.41, 5.74) is 3.70. The second-order valence-corrected chi connectivity index (χ2v) is 8.68. The molecule has 3 rings (SSSR count). The number of hydrogen-bond donors (Lipinski definition) is 2. The summed E-state index contributed by atoms with van der Waals surface area (Å²) in [6, 6.07) is 17.8. The number of aryl methyl sites for hydroxylation is 2. The Hall–Kier alpha value is -3.83. The largest absolute Gasteiger partial charge is 0.495 e. The third-order valence-electron chi connectivity index (χ3n) is 4.85. The van der Waals surface area contributed by atoms with Crippen molar-refractivity contribution in [2.45, 2.75) is 31.0 Å². The second kappa shape index (κ2) is 10.7. The van der Waals surface area contributed by atoms with Crippen LogP contribution in [0.5, 0.6) is 5.75 Å². The number of ether oxygens (including phenoxy) is 1.